The third-order valence-electron chi connectivity index (χ3n) is 4.12. The first kappa shape index (κ1) is 14.9. The first-order valence-corrected chi connectivity index (χ1v) is 7.26. The fourth-order valence-electron chi connectivity index (χ4n) is 2.74. The highest BCUT2D eigenvalue weighted by molar-refractivity contribution is 5.86. The summed E-state index contributed by atoms with van der Waals surface area (Å²) in [5, 5.41) is 2.96. The van der Waals surface area contributed by atoms with Crippen LogP contribution in [0.4, 0.5) is 0 Å². The summed E-state index contributed by atoms with van der Waals surface area (Å²) >= 11 is 0. The Morgan fingerprint density at radius 1 is 1.35 bits per heavy atom. The Morgan fingerprint density at radius 3 is 2.70 bits per heavy atom. The summed E-state index contributed by atoms with van der Waals surface area (Å²) in [6.45, 7) is 2.49. The number of ether oxygens (including phenoxy) is 1. The SMILES string of the molecule is COc1cc(CNC(=O)C2(N)CCCCC2)ccc1C. The smallest absolute Gasteiger partial charge is 0.240 e. The topological polar surface area (TPSA) is 64.3 Å². The number of carbonyl (C=O) groups is 1. The molecule has 0 aromatic heterocycles. The molecule has 1 saturated carbocycles. The highest BCUT2D eigenvalue weighted by Crippen LogP contribution is 2.26. The number of rotatable bonds is 4. The molecule has 0 unspecified atom stereocenters. The van der Waals surface area contributed by atoms with Gasteiger partial charge in [0.1, 0.15) is 5.75 Å². The van der Waals surface area contributed by atoms with Crippen LogP contribution in [-0.2, 0) is 11.3 Å². The molecule has 3 N–H and O–H groups in total. The second-order valence-corrected chi connectivity index (χ2v) is 5.70. The molecule has 1 fully saturated rings. The second kappa shape index (κ2) is 6.27. The van der Waals surface area contributed by atoms with Crippen LogP contribution >= 0.6 is 0 Å². The average Bonchev–Trinajstić information content (AvgIpc) is 2.46. The number of hydrogen-bond acceptors (Lipinski definition) is 3. The van der Waals surface area contributed by atoms with Crippen LogP contribution < -0.4 is 15.8 Å². The van der Waals surface area contributed by atoms with Gasteiger partial charge < -0.3 is 15.8 Å². The number of nitrogens with two attached hydrogens (primary N) is 1. The van der Waals surface area contributed by atoms with Crippen LogP contribution in [0.15, 0.2) is 18.2 Å². The van der Waals surface area contributed by atoms with Crippen LogP contribution in [0.3, 0.4) is 0 Å². The number of carbonyl (C=O) groups excluding carboxylic acids is 1. The quantitative estimate of drug-likeness (QED) is 0.886. The largest absolute Gasteiger partial charge is 0.496 e. The van der Waals surface area contributed by atoms with Gasteiger partial charge >= 0.3 is 0 Å². The number of hydrogen-bond donors (Lipinski definition) is 2. The zero-order chi connectivity index (χ0) is 14.6. The molecular formula is C16H24N2O2. The van der Waals surface area contributed by atoms with E-state index in [0.717, 1.165) is 42.6 Å². The molecule has 110 valence electrons. The van der Waals surface area contributed by atoms with Gasteiger partial charge in [-0.25, -0.2) is 0 Å². The van der Waals surface area contributed by atoms with Crippen molar-refractivity contribution in [3.8, 4) is 5.75 Å². The monoisotopic (exact) mass is 276 g/mol. The Balaban J connectivity index is 1.96. The Hall–Kier alpha value is -1.55. The Bertz CT molecular complexity index is 479. The molecular weight excluding hydrogens is 252 g/mol. The summed E-state index contributed by atoms with van der Waals surface area (Å²) in [7, 11) is 1.65. The van der Waals surface area contributed by atoms with E-state index in [1.807, 2.05) is 25.1 Å². The Morgan fingerprint density at radius 2 is 2.05 bits per heavy atom. The van der Waals surface area contributed by atoms with Crippen molar-refractivity contribution in [2.75, 3.05) is 7.11 Å². The summed E-state index contributed by atoms with van der Waals surface area (Å²) < 4.78 is 5.29. The maximum atomic E-state index is 12.2. The molecule has 20 heavy (non-hydrogen) atoms. The van der Waals surface area contributed by atoms with Gasteiger partial charge in [0.25, 0.3) is 0 Å². The van der Waals surface area contributed by atoms with Crippen molar-refractivity contribution in [3.63, 3.8) is 0 Å². The standard InChI is InChI=1S/C16H24N2O2/c1-12-6-7-13(10-14(12)20-2)11-18-15(19)16(17)8-4-3-5-9-16/h6-7,10H,3-5,8-9,11,17H2,1-2H3,(H,18,19). The average molecular weight is 276 g/mol. The van der Waals surface area contributed by atoms with Gasteiger partial charge in [0.2, 0.25) is 5.91 Å². The van der Waals surface area contributed by atoms with Gasteiger partial charge in [-0.3, -0.25) is 4.79 Å². The first-order chi connectivity index (χ1) is 9.55. The number of benzene rings is 1. The molecule has 1 aliphatic rings. The van der Waals surface area contributed by atoms with E-state index in [1.54, 1.807) is 7.11 Å². The lowest BCUT2D eigenvalue weighted by molar-refractivity contribution is -0.127. The van der Waals surface area contributed by atoms with Crippen molar-refractivity contribution in [1.82, 2.24) is 5.32 Å². The minimum atomic E-state index is -0.674. The lowest BCUT2D eigenvalue weighted by Gasteiger charge is -2.31. The van der Waals surface area contributed by atoms with E-state index in [-0.39, 0.29) is 5.91 Å². The van der Waals surface area contributed by atoms with Gasteiger partial charge in [-0.2, -0.15) is 0 Å². The number of aryl methyl sites for hydroxylation is 1. The van der Waals surface area contributed by atoms with E-state index in [0.29, 0.717) is 6.54 Å². The lowest BCUT2D eigenvalue weighted by Crippen LogP contribution is -2.54. The van der Waals surface area contributed by atoms with Gasteiger partial charge in [-0.15, -0.1) is 0 Å². The molecule has 2 rings (SSSR count). The molecule has 0 bridgehead atoms. The van der Waals surface area contributed by atoms with Gasteiger partial charge in [0, 0.05) is 6.54 Å². The predicted octanol–water partition coefficient (Wildman–Crippen LogP) is 2.28. The fraction of sp³-hybridized carbons (Fsp3) is 0.562. The molecule has 1 amide bonds. The van der Waals surface area contributed by atoms with Crippen molar-refractivity contribution in [3.05, 3.63) is 29.3 Å². The fourth-order valence-corrected chi connectivity index (χ4v) is 2.74. The highest BCUT2D eigenvalue weighted by Gasteiger charge is 2.34. The van der Waals surface area contributed by atoms with Crippen LogP contribution in [0.2, 0.25) is 0 Å². The second-order valence-electron chi connectivity index (χ2n) is 5.70. The van der Waals surface area contributed by atoms with Crippen molar-refractivity contribution < 1.29 is 9.53 Å². The summed E-state index contributed by atoms with van der Waals surface area (Å²) in [6, 6.07) is 5.96. The van der Waals surface area contributed by atoms with Gasteiger partial charge in [0.15, 0.2) is 0 Å². The van der Waals surface area contributed by atoms with E-state index < -0.39 is 5.54 Å². The first-order valence-electron chi connectivity index (χ1n) is 7.26. The van der Waals surface area contributed by atoms with E-state index in [2.05, 4.69) is 5.32 Å². The van der Waals surface area contributed by atoms with E-state index in [9.17, 15) is 4.79 Å². The molecule has 0 aliphatic heterocycles. The van der Waals surface area contributed by atoms with Crippen molar-refractivity contribution in [1.29, 1.82) is 0 Å². The molecule has 0 heterocycles. The zero-order valence-electron chi connectivity index (χ0n) is 12.4. The van der Waals surface area contributed by atoms with Crippen LogP contribution in [0.1, 0.15) is 43.2 Å². The third-order valence-corrected chi connectivity index (χ3v) is 4.12. The Labute approximate surface area is 120 Å². The zero-order valence-corrected chi connectivity index (χ0v) is 12.4. The van der Waals surface area contributed by atoms with E-state index >= 15 is 0 Å². The third kappa shape index (κ3) is 3.31. The maximum absolute atomic E-state index is 12.2. The van der Waals surface area contributed by atoms with E-state index in [4.69, 9.17) is 10.5 Å². The molecule has 0 saturated heterocycles. The molecule has 4 heteroatoms. The number of nitrogens with one attached hydrogen (secondary N) is 1. The maximum Gasteiger partial charge on any atom is 0.240 e. The van der Waals surface area contributed by atoms with Crippen molar-refractivity contribution >= 4 is 5.91 Å². The van der Waals surface area contributed by atoms with Gasteiger partial charge in [-0.1, -0.05) is 31.4 Å². The molecule has 1 aromatic rings. The van der Waals surface area contributed by atoms with Crippen LogP contribution in [0, 0.1) is 6.92 Å². The summed E-state index contributed by atoms with van der Waals surface area (Å²) in [4.78, 5) is 12.2. The molecule has 1 aliphatic carbocycles. The molecule has 0 radical (unpaired) electrons. The molecule has 0 spiro atoms. The van der Waals surface area contributed by atoms with Crippen molar-refractivity contribution in [2.45, 2.75) is 51.1 Å². The predicted molar refractivity (Wildman–Crippen MR) is 79.6 cm³/mol. The van der Waals surface area contributed by atoms with Crippen LogP contribution in [0.25, 0.3) is 0 Å². The molecule has 0 atom stereocenters. The molecule has 4 nitrogen and oxygen atoms in total. The van der Waals surface area contributed by atoms with E-state index in [1.165, 1.54) is 6.42 Å². The van der Waals surface area contributed by atoms with Gasteiger partial charge in [-0.05, 0) is 37.0 Å². The lowest BCUT2D eigenvalue weighted by atomic mass is 9.82. The molecule has 1 aromatic carbocycles. The summed E-state index contributed by atoms with van der Waals surface area (Å²) in [5.41, 5.74) is 7.65. The highest BCUT2D eigenvalue weighted by atomic mass is 16.5. The van der Waals surface area contributed by atoms with Crippen LogP contribution in [-0.4, -0.2) is 18.6 Å². The normalized spacial score (nSPS) is 17.6. The minimum Gasteiger partial charge on any atom is -0.496 e. The Kier molecular flexibility index (Phi) is 4.65. The van der Waals surface area contributed by atoms with Crippen LogP contribution in [0.5, 0.6) is 5.75 Å². The summed E-state index contributed by atoms with van der Waals surface area (Å²) in [5.74, 6) is 0.814. The summed E-state index contributed by atoms with van der Waals surface area (Å²) in [6.07, 6.45) is 4.85. The minimum absolute atomic E-state index is 0.0308. The van der Waals surface area contributed by atoms with Gasteiger partial charge in [0.05, 0.1) is 12.6 Å². The number of amides is 1. The number of methoxy groups -OCH3 is 1. The van der Waals surface area contributed by atoms with Crippen molar-refractivity contribution in [2.24, 2.45) is 5.73 Å².